The molecule has 0 fully saturated rings. The topological polar surface area (TPSA) is 71.8 Å². The van der Waals surface area contributed by atoms with Gasteiger partial charge in [-0.1, -0.05) is 19.9 Å². The van der Waals surface area contributed by atoms with Crippen molar-refractivity contribution in [3.8, 4) is 0 Å². The molecule has 0 unspecified atom stereocenters. The Labute approximate surface area is 129 Å². The molecule has 3 rings (SSSR count). The van der Waals surface area contributed by atoms with E-state index in [0.29, 0.717) is 24.5 Å². The van der Waals surface area contributed by atoms with E-state index < -0.39 is 0 Å². The van der Waals surface area contributed by atoms with Gasteiger partial charge in [-0.05, 0) is 19.1 Å². The van der Waals surface area contributed by atoms with Gasteiger partial charge >= 0.3 is 0 Å². The second-order valence-corrected chi connectivity index (χ2v) is 5.47. The molecule has 0 atom stereocenters. The first-order valence-electron chi connectivity index (χ1n) is 7.54. The molecule has 3 heterocycles. The minimum absolute atomic E-state index is 0.324. The Morgan fingerprint density at radius 1 is 1.27 bits per heavy atom. The quantitative estimate of drug-likeness (QED) is 0.802. The lowest BCUT2D eigenvalue weighted by Gasteiger charge is -2.06. The van der Waals surface area contributed by atoms with Crippen LogP contribution < -0.4 is 5.49 Å². The smallest absolute Gasteiger partial charge is 0.176 e. The third-order valence-corrected chi connectivity index (χ3v) is 3.43. The molecule has 0 bridgehead atoms. The zero-order chi connectivity index (χ0) is 15.5. The Bertz CT molecular complexity index is 829. The number of imidazole rings is 1. The Kier molecular flexibility index (Phi) is 4.00. The summed E-state index contributed by atoms with van der Waals surface area (Å²) >= 11 is 0. The molecule has 0 saturated carbocycles. The molecule has 0 aliphatic carbocycles. The van der Waals surface area contributed by atoms with E-state index in [1.54, 1.807) is 12.5 Å². The highest BCUT2D eigenvalue weighted by molar-refractivity contribution is 5.69. The van der Waals surface area contributed by atoms with Crippen LogP contribution >= 0.6 is 0 Å². The first-order valence-corrected chi connectivity index (χ1v) is 7.54. The van der Waals surface area contributed by atoms with Crippen molar-refractivity contribution in [2.75, 3.05) is 6.54 Å². The summed E-state index contributed by atoms with van der Waals surface area (Å²) in [5.74, 6) is 1.27. The first-order chi connectivity index (χ1) is 10.7. The van der Waals surface area contributed by atoms with Crippen molar-refractivity contribution in [2.24, 2.45) is 4.99 Å². The van der Waals surface area contributed by atoms with Crippen molar-refractivity contribution in [3.63, 3.8) is 0 Å². The van der Waals surface area contributed by atoms with Crippen molar-refractivity contribution in [1.29, 1.82) is 0 Å². The molecule has 6 nitrogen and oxygen atoms in total. The molecule has 22 heavy (non-hydrogen) atoms. The van der Waals surface area contributed by atoms with Crippen molar-refractivity contribution < 1.29 is 0 Å². The monoisotopic (exact) mass is 296 g/mol. The van der Waals surface area contributed by atoms with Crippen molar-refractivity contribution in [2.45, 2.75) is 33.2 Å². The van der Waals surface area contributed by atoms with E-state index in [-0.39, 0.29) is 0 Å². The number of fused-ring (bicyclic) bond motifs is 1. The van der Waals surface area contributed by atoms with Crippen molar-refractivity contribution in [3.05, 3.63) is 47.7 Å². The number of rotatable bonds is 4. The third-order valence-electron chi connectivity index (χ3n) is 3.43. The zero-order valence-electron chi connectivity index (χ0n) is 13.1. The van der Waals surface area contributed by atoms with Crippen LogP contribution in [0.25, 0.3) is 11.2 Å². The van der Waals surface area contributed by atoms with Crippen LogP contribution in [-0.2, 0) is 6.54 Å². The summed E-state index contributed by atoms with van der Waals surface area (Å²) in [6, 6.07) is 5.90. The van der Waals surface area contributed by atoms with Crippen molar-refractivity contribution in [1.82, 2.24) is 24.5 Å². The van der Waals surface area contributed by atoms with E-state index >= 15 is 0 Å². The number of pyridine rings is 1. The highest BCUT2D eigenvalue weighted by atomic mass is 15.1. The molecule has 0 aliphatic rings. The maximum atomic E-state index is 4.73. The number of aromatic amines is 1. The summed E-state index contributed by atoms with van der Waals surface area (Å²) in [6.07, 6.45) is 3.59. The van der Waals surface area contributed by atoms with E-state index in [0.717, 1.165) is 22.7 Å². The minimum atomic E-state index is 0.324. The van der Waals surface area contributed by atoms with Crippen LogP contribution in [-0.4, -0.2) is 31.0 Å². The Balaban J connectivity index is 2.15. The molecular weight excluding hydrogens is 276 g/mol. The average molecular weight is 296 g/mol. The number of aromatic nitrogens is 5. The summed E-state index contributed by atoms with van der Waals surface area (Å²) in [6.45, 7) is 7.57. The van der Waals surface area contributed by atoms with Gasteiger partial charge in [0.25, 0.3) is 0 Å². The second-order valence-electron chi connectivity index (χ2n) is 5.47. The Morgan fingerprint density at radius 3 is 2.82 bits per heavy atom. The maximum Gasteiger partial charge on any atom is 0.176 e. The number of hydrogen-bond donors (Lipinski definition) is 1. The van der Waals surface area contributed by atoms with Gasteiger partial charge in [0.2, 0.25) is 0 Å². The van der Waals surface area contributed by atoms with Crippen LogP contribution in [0.1, 0.15) is 38.2 Å². The lowest BCUT2D eigenvalue weighted by molar-refractivity contribution is 0.756. The normalized spacial score (nSPS) is 12.5. The molecule has 0 radical (unpaired) electrons. The zero-order valence-corrected chi connectivity index (χ0v) is 13.1. The lowest BCUT2D eigenvalue weighted by atomic mass is 10.2. The molecular formula is C16H20N6. The van der Waals surface area contributed by atoms with Crippen LogP contribution in [0.5, 0.6) is 0 Å². The third kappa shape index (κ3) is 2.77. The van der Waals surface area contributed by atoms with Crippen LogP contribution in [0.2, 0.25) is 0 Å². The van der Waals surface area contributed by atoms with Gasteiger partial charge in [-0.2, -0.15) is 0 Å². The fourth-order valence-corrected chi connectivity index (χ4v) is 2.31. The van der Waals surface area contributed by atoms with Crippen LogP contribution in [0.15, 0.2) is 35.7 Å². The molecule has 0 amide bonds. The maximum absolute atomic E-state index is 4.73. The van der Waals surface area contributed by atoms with E-state index in [2.05, 4.69) is 33.8 Å². The number of H-pyrrole nitrogens is 1. The van der Waals surface area contributed by atoms with Crippen LogP contribution in [0.3, 0.4) is 0 Å². The predicted molar refractivity (Wildman–Crippen MR) is 85.4 cm³/mol. The Hall–Kier alpha value is -2.50. The fourth-order valence-electron chi connectivity index (χ4n) is 2.31. The first kappa shape index (κ1) is 14.4. The molecule has 3 aromatic rings. The average Bonchev–Trinajstić information content (AvgIpc) is 2.97. The highest BCUT2D eigenvalue weighted by Crippen LogP contribution is 2.15. The van der Waals surface area contributed by atoms with Gasteiger partial charge in [-0.25, -0.2) is 9.97 Å². The van der Waals surface area contributed by atoms with E-state index in [9.17, 15) is 0 Å². The molecule has 0 aliphatic heterocycles. The van der Waals surface area contributed by atoms with Gasteiger partial charge in [0.1, 0.15) is 11.3 Å². The van der Waals surface area contributed by atoms with E-state index in [1.807, 2.05) is 29.7 Å². The fraction of sp³-hybridized carbons (Fsp3) is 0.375. The molecule has 114 valence electrons. The molecule has 1 N–H and O–H groups in total. The summed E-state index contributed by atoms with van der Waals surface area (Å²) in [7, 11) is 0. The lowest BCUT2D eigenvalue weighted by Crippen LogP contribution is -2.15. The van der Waals surface area contributed by atoms with Crippen LogP contribution in [0.4, 0.5) is 0 Å². The van der Waals surface area contributed by atoms with Gasteiger partial charge in [-0.15, -0.1) is 0 Å². The van der Waals surface area contributed by atoms with Crippen molar-refractivity contribution >= 4 is 11.2 Å². The summed E-state index contributed by atoms with van der Waals surface area (Å²) in [5, 5.41) is 0. The Morgan fingerprint density at radius 2 is 2.14 bits per heavy atom. The van der Waals surface area contributed by atoms with Crippen LogP contribution in [0, 0.1) is 0 Å². The second kappa shape index (κ2) is 6.09. The number of hydrogen-bond acceptors (Lipinski definition) is 4. The molecule has 0 saturated heterocycles. The molecule has 3 aromatic heterocycles. The van der Waals surface area contributed by atoms with Gasteiger partial charge < -0.3 is 9.55 Å². The highest BCUT2D eigenvalue weighted by Gasteiger charge is 2.12. The largest absolute Gasteiger partial charge is 0.337 e. The van der Waals surface area contributed by atoms with Gasteiger partial charge in [0.15, 0.2) is 11.1 Å². The van der Waals surface area contributed by atoms with Gasteiger partial charge in [0.05, 0.1) is 18.6 Å². The summed E-state index contributed by atoms with van der Waals surface area (Å²) < 4.78 is 2.01. The molecule has 6 heteroatoms. The summed E-state index contributed by atoms with van der Waals surface area (Å²) in [4.78, 5) is 21.4. The summed E-state index contributed by atoms with van der Waals surface area (Å²) in [5.41, 5.74) is 3.46. The standard InChI is InChI=1S/C16H20N6/c1-4-17-15-13-16(21-14(20-13)11(2)3)22(10-19-15)9-12-7-5-6-8-18-12/h5-8,10-11H,4,9H2,1-3H3,(H,20,21). The van der Waals surface area contributed by atoms with Gasteiger partial charge in [-0.3, -0.25) is 9.98 Å². The number of nitrogens with one attached hydrogen (secondary N) is 1. The van der Waals surface area contributed by atoms with Gasteiger partial charge in [0, 0.05) is 18.7 Å². The van der Waals surface area contributed by atoms with E-state index in [4.69, 9.17) is 4.98 Å². The molecule has 0 aromatic carbocycles. The predicted octanol–water partition coefficient (Wildman–Crippen LogP) is 2.25. The number of nitrogens with zero attached hydrogens (tertiary/aromatic N) is 5. The minimum Gasteiger partial charge on any atom is -0.337 e. The molecule has 0 spiro atoms. The van der Waals surface area contributed by atoms with E-state index in [1.165, 1.54) is 0 Å². The SMILES string of the molecule is CCN=c1ncn(Cc2ccccn2)c2nc(C(C)C)[nH]c12.